The summed E-state index contributed by atoms with van der Waals surface area (Å²) in [5, 5.41) is 14.2. The number of halogens is 4. The second kappa shape index (κ2) is 13.2. The maximum absolute atomic E-state index is 13.9. The molecule has 0 saturated carbocycles. The summed E-state index contributed by atoms with van der Waals surface area (Å²) >= 11 is 1.31. The van der Waals surface area contributed by atoms with Gasteiger partial charge in [0.1, 0.15) is 11.4 Å². The number of benzene rings is 2. The van der Waals surface area contributed by atoms with Gasteiger partial charge in [-0.1, -0.05) is 12.1 Å². The lowest BCUT2D eigenvalue weighted by molar-refractivity contribution is -0.141. The summed E-state index contributed by atoms with van der Waals surface area (Å²) in [6.07, 6.45) is -0.356. The first-order valence-corrected chi connectivity index (χ1v) is 12.6. The fraction of sp³-hybridized carbons (Fsp3) is 0.400. The van der Waals surface area contributed by atoms with E-state index in [1.165, 1.54) is 16.7 Å². The molecule has 0 aromatic heterocycles. The molecular formula is C25H30ClF3N4O4S. The highest BCUT2D eigenvalue weighted by Crippen LogP contribution is 2.25. The van der Waals surface area contributed by atoms with Crippen molar-refractivity contribution in [1.82, 2.24) is 10.2 Å². The van der Waals surface area contributed by atoms with Crippen molar-refractivity contribution >= 4 is 47.6 Å². The first-order chi connectivity index (χ1) is 17.4. The van der Waals surface area contributed by atoms with Crippen molar-refractivity contribution in [2.75, 3.05) is 17.6 Å². The van der Waals surface area contributed by atoms with Gasteiger partial charge in [-0.25, -0.2) is 18.0 Å². The van der Waals surface area contributed by atoms with Crippen LogP contribution in [0.1, 0.15) is 31.4 Å². The van der Waals surface area contributed by atoms with Gasteiger partial charge in [0.05, 0.1) is 0 Å². The third-order valence-electron chi connectivity index (χ3n) is 5.86. The van der Waals surface area contributed by atoms with E-state index in [0.717, 1.165) is 11.6 Å². The Balaban J connectivity index is 0.00000507. The highest BCUT2D eigenvalue weighted by atomic mass is 35.5. The summed E-state index contributed by atoms with van der Waals surface area (Å²) in [7, 11) is 0. The van der Waals surface area contributed by atoms with Crippen LogP contribution < -0.4 is 16.4 Å². The van der Waals surface area contributed by atoms with Crippen molar-refractivity contribution in [2.45, 2.75) is 50.2 Å². The van der Waals surface area contributed by atoms with Crippen LogP contribution in [-0.2, 0) is 27.3 Å². The number of hydrogen-bond acceptors (Lipinski definition) is 6. The number of nitrogens with one attached hydrogen (secondary N) is 2. The molecule has 1 aliphatic heterocycles. The normalized spacial score (nSPS) is 15.9. The number of carboxylic acid groups (broad SMARTS) is 1. The van der Waals surface area contributed by atoms with Crippen molar-refractivity contribution in [2.24, 2.45) is 5.73 Å². The van der Waals surface area contributed by atoms with Gasteiger partial charge in [0, 0.05) is 43.1 Å². The SMILES string of the molecule is CC(C)(Nc1ccc(CNC(=O)C2SCCN2C(=O)C[C@H](N)Cc2cc(F)c(F)cc2F)cc1)C(=O)O.Cl. The molecule has 1 unspecified atom stereocenters. The van der Waals surface area contributed by atoms with Crippen molar-refractivity contribution in [1.29, 1.82) is 0 Å². The average molecular weight is 575 g/mol. The number of rotatable bonds is 10. The topological polar surface area (TPSA) is 125 Å². The first-order valence-electron chi connectivity index (χ1n) is 11.6. The van der Waals surface area contributed by atoms with Crippen LogP contribution in [0.5, 0.6) is 0 Å². The lowest BCUT2D eigenvalue weighted by Crippen LogP contribution is -2.46. The zero-order valence-electron chi connectivity index (χ0n) is 20.8. The molecule has 1 heterocycles. The van der Waals surface area contributed by atoms with Crippen LogP contribution in [0.2, 0.25) is 0 Å². The first kappa shape index (κ1) is 31.3. The molecule has 2 atom stereocenters. The number of amides is 2. The molecular weight excluding hydrogens is 545 g/mol. The maximum Gasteiger partial charge on any atom is 0.328 e. The van der Waals surface area contributed by atoms with E-state index in [1.54, 1.807) is 38.1 Å². The Morgan fingerprint density at radius 1 is 1.13 bits per heavy atom. The highest BCUT2D eigenvalue weighted by molar-refractivity contribution is 8.00. The standard InChI is InChI=1S/C25H29F3N4O4S.ClH/c1-25(2,24(35)36)31-17-5-3-14(4-6-17)13-30-22(34)23-32(7-8-37-23)21(33)11-16(29)9-15-10-19(27)20(28)12-18(15)26;/h3-6,10,12,16,23,31H,7-9,11,13,29H2,1-2H3,(H,30,34)(H,35,36);1H/t16-,23?;/m1./s1. The molecule has 13 heteroatoms. The second-order valence-electron chi connectivity index (χ2n) is 9.31. The Bertz CT molecular complexity index is 1170. The molecule has 0 spiro atoms. The largest absolute Gasteiger partial charge is 0.480 e. The molecule has 8 nitrogen and oxygen atoms in total. The number of thioether (sulfide) groups is 1. The molecule has 0 aliphatic carbocycles. The minimum atomic E-state index is -1.30. The minimum absolute atomic E-state index is 0. The monoisotopic (exact) mass is 574 g/mol. The van der Waals surface area contributed by atoms with E-state index in [9.17, 15) is 32.7 Å². The fourth-order valence-corrected chi connectivity index (χ4v) is 4.92. The van der Waals surface area contributed by atoms with Gasteiger partial charge in [0.15, 0.2) is 17.0 Å². The summed E-state index contributed by atoms with van der Waals surface area (Å²) in [4.78, 5) is 38.3. The molecule has 1 saturated heterocycles. The van der Waals surface area contributed by atoms with E-state index < -0.39 is 46.3 Å². The van der Waals surface area contributed by atoms with Gasteiger partial charge in [0.25, 0.3) is 5.91 Å². The van der Waals surface area contributed by atoms with Gasteiger partial charge in [-0.3, -0.25) is 9.59 Å². The van der Waals surface area contributed by atoms with Crippen LogP contribution in [0.4, 0.5) is 18.9 Å². The van der Waals surface area contributed by atoms with Crippen molar-refractivity contribution in [3.05, 3.63) is 65.0 Å². The number of carbonyl (C=O) groups is 3. The number of aliphatic carboxylic acids is 1. The number of carboxylic acids is 1. The van der Waals surface area contributed by atoms with Crippen molar-refractivity contribution in [3.63, 3.8) is 0 Å². The van der Waals surface area contributed by atoms with E-state index in [0.29, 0.717) is 24.1 Å². The minimum Gasteiger partial charge on any atom is -0.480 e. The quantitative estimate of drug-likeness (QED) is 0.321. The van der Waals surface area contributed by atoms with E-state index in [2.05, 4.69) is 10.6 Å². The van der Waals surface area contributed by atoms with Crippen LogP contribution in [0.3, 0.4) is 0 Å². The number of carbonyl (C=O) groups excluding carboxylic acids is 2. The van der Waals surface area contributed by atoms with Gasteiger partial charge in [0.2, 0.25) is 5.91 Å². The van der Waals surface area contributed by atoms with Gasteiger partial charge < -0.3 is 26.4 Å². The molecule has 1 fully saturated rings. The van der Waals surface area contributed by atoms with Crippen LogP contribution >= 0.6 is 24.2 Å². The van der Waals surface area contributed by atoms with E-state index in [4.69, 9.17) is 5.73 Å². The Morgan fingerprint density at radius 2 is 1.76 bits per heavy atom. The molecule has 38 heavy (non-hydrogen) atoms. The number of anilines is 1. The summed E-state index contributed by atoms with van der Waals surface area (Å²) in [5.41, 5.74) is 6.11. The third kappa shape index (κ3) is 8.02. The summed E-state index contributed by atoms with van der Waals surface area (Å²) in [5.74, 6) is -4.63. The summed E-state index contributed by atoms with van der Waals surface area (Å²) in [6.45, 7) is 3.64. The molecule has 0 radical (unpaired) electrons. The summed E-state index contributed by atoms with van der Waals surface area (Å²) in [6, 6.07) is 7.25. The maximum atomic E-state index is 13.9. The van der Waals surface area contributed by atoms with E-state index >= 15 is 0 Å². The summed E-state index contributed by atoms with van der Waals surface area (Å²) < 4.78 is 40.5. The van der Waals surface area contributed by atoms with E-state index in [-0.39, 0.29) is 43.3 Å². The van der Waals surface area contributed by atoms with Crippen LogP contribution in [0.25, 0.3) is 0 Å². The second-order valence-corrected chi connectivity index (χ2v) is 10.5. The number of nitrogens with two attached hydrogens (primary N) is 1. The molecule has 3 rings (SSSR count). The zero-order chi connectivity index (χ0) is 27.3. The van der Waals surface area contributed by atoms with Crippen molar-refractivity contribution < 1.29 is 32.7 Å². The Morgan fingerprint density at radius 3 is 2.39 bits per heavy atom. The Hall–Kier alpha value is -2.96. The lowest BCUT2D eigenvalue weighted by Gasteiger charge is -2.25. The van der Waals surface area contributed by atoms with E-state index in [1.807, 2.05) is 0 Å². The van der Waals surface area contributed by atoms with Crippen molar-refractivity contribution in [3.8, 4) is 0 Å². The molecule has 5 N–H and O–H groups in total. The third-order valence-corrected chi connectivity index (χ3v) is 7.06. The number of nitrogens with zero attached hydrogens (tertiary/aromatic N) is 1. The Kier molecular flexibility index (Phi) is 10.9. The predicted octanol–water partition coefficient (Wildman–Crippen LogP) is 3.28. The van der Waals surface area contributed by atoms with Crippen LogP contribution in [-0.4, -0.2) is 57.0 Å². The van der Waals surface area contributed by atoms with Gasteiger partial charge in [-0.15, -0.1) is 24.2 Å². The van der Waals surface area contributed by atoms with Crippen LogP contribution in [0, 0.1) is 17.5 Å². The zero-order valence-corrected chi connectivity index (χ0v) is 22.4. The lowest BCUT2D eigenvalue weighted by atomic mass is 10.0. The van der Waals surface area contributed by atoms with Gasteiger partial charge >= 0.3 is 5.97 Å². The number of hydrogen-bond donors (Lipinski definition) is 4. The Labute approximate surface area is 228 Å². The molecule has 208 valence electrons. The molecule has 0 bridgehead atoms. The average Bonchev–Trinajstić information content (AvgIpc) is 3.32. The van der Waals surface area contributed by atoms with Gasteiger partial charge in [-0.2, -0.15) is 0 Å². The van der Waals surface area contributed by atoms with Gasteiger partial charge in [-0.05, 0) is 49.6 Å². The fourth-order valence-electron chi connectivity index (χ4n) is 3.76. The molecule has 2 aromatic rings. The predicted molar refractivity (Wildman–Crippen MR) is 141 cm³/mol. The smallest absolute Gasteiger partial charge is 0.328 e. The molecule has 1 aliphatic rings. The molecule has 2 amide bonds. The van der Waals surface area contributed by atoms with Crippen LogP contribution in [0.15, 0.2) is 36.4 Å². The molecule has 2 aromatic carbocycles. The highest BCUT2D eigenvalue weighted by Gasteiger charge is 2.35.